The molecule has 1 atom stereocenters. The first kappa shape index (κ1) is 31.3. The number of benzene rings is 4. The Morgan fingerprint density at radius 3 is 2.59 bits per heavy atom. The molecular formula is C37H35ClN2O6. The lowest BCUT2D eigenvalue weighted by Gasteiger charge is -2.33. The standard InChI is InChI=1S/C37H35ClN2O6/c1-24-28(8-5-9-30(24)27-11-12-33-36(18-27)44-15-14-43-33)23-46-35-19-34(45-22-26-7-4-6-25(16-26)20-39)29(17-31(35)38)21-40-13-3-2-10-32(40)37(41)42/h4-9,11-12,16-19,32H,2-3,10,13-15,21-23H2,1H3,(H,41,42)/t32-/m1/s1. The highest BCUT2D eigenvalue weighted by molar-refractivity contribution is 6.32. The van der Waals surface area contributed by atoms with Crippen LogP contribution in [0, 0.1) is 18.3 Å². The predicted octanol–water partition coefficient (Wildman–Crippen LogP) is 7.56. The lowest BCUT2D eigenvalue weighted by molar-refractivity contribution is -0.144. The van der Waals surface area contributed by atoms with Crippen LogP contribution in [-0.2, 0) is 24.6 Å². The fourth-order valence-corrected chi connectivity index (χ4v) is 6.27. The molecule has 0 amide bonds. The van der Waals surface area contributed by atoms with Crippen molar-refractivity contribution in [1.82, 2.24) is 4.90 Å². The summed E-state index contributed by atoms with van der Waals surface area (Å²) in [6, 6.07) is 24.5. The maximum absolute atomic E-state index is 12.0. The molecule has 9 heteroatoms. The summed E-state index contributed by atoms with van der Waals surface area (Å²) in [5.41, 5.74) is 6.34. The molecular weight excluding hydrogens is 604 g/mol. The minimum absolute atomic E-state index is 0.225. The molecule has 0 aromatic heterocycles. The normalized spacial score (nSPS) is 16.0. The lowest BCUT2D eigenvalue weighted by Crippen LogP contribution is -2.44. The number of aliphatic carboxylic acids is 1. The van der Waals surface area contributed by atoms with Gasteiger partial charge in [0, 0.05) is 18.2 Å². The summed E-state index contributed by atoms with van der Waals surface area (Å²) in [6.45, 7) is 4.69. The first-order chi connectivity index (χ1) is 22.4. The molecule has 2 aliphatic rings. The van der Waals surface area contributed by atoms with Gasteiger partial charge in [0.1, 0.15) is 44.0 Å². The third-order valence-electron chi connectivity index (χ3n) is 8.52. The number of rotatable bonds is 10. The molecule has 0 bridgehead atoms. The minimum atomic E-state index is -0.824. The summed E-state index contributed by atoms with van der Waals surface area (Å²) in [6.07, 6.45) is 2.42. The number of carboxylic acids is 1. The Labute approximate surface area is 273 Å². The van der Waals surface area contributed by atoms with Crippen LogP contribution in [-0.4, -0.2) is 41.8 Å². The van der Waals surface area contributed by atoms with Gasteiger partial charge in [-0.3, -0.25) is 9.69 Å². The highest BCUT2D eigenvalue weighted by atomic mass is 35.5. The maximum Gasteiger partial charge on any atom is 0.320 e. The van der Waals surface area contributed by atoms with Crippen LogP contribution in [0.2, 0.25) is 5.02 Å². The van der Waals surface area contributed by atoms with Crippen LogP contribution in [0.1, 0.15) is 47.1 Å². The Hall–Kier alpha value is -4.71. The number of nitriles is 1. The van der Waals surface area contributed by atoms with Crippen LogP contribution in [0.3, 0.4) is 0 Å². The van der Waals surface area contributed by atoms with Crippen LogP contribution in [0.4, 0.5) is 0 Å². The van der Waals surface area contributed by atoms with Gasteiger partial charge in [0.05, 0.1) is 16.7 Å². The Morgan fingerprint density at radius 1 is 0.957 bits per heavy atom. The van der Waals surface area contributed by atoms with Crippen molar-refractivity contribution in [3.8, 4) is 40.2 Å². The van der Waals surface area contributed by atoms with E-state index in [-0.39, 0.29) is 13.2 Å². The van der Waals surface area contributed by atoms with Crippen LogP contribution in [0.25, 0.3) is 11.1 Å². The smallest absolute Gasteiger partial charge is 0.320 e. The van der Waals surface area contributed by atoms with Crippen LogP contribution in [0.5, 0.6) is 23.0 Å². The molecule has 4 aromatic rings. The van der Waals surface area contributed by atoms with E-state index in [4.69, 9.17) is 30.5 Å². The van der Waals surface area contributed by atoms with Gasteiger partial charge < -0.3 is 24.1 Å². The van der Waals surface area contributed by atoms with Crippen molar-refractivity contribution in [3.63, 3.8) is 0 Å². The topological polar surface area (TPSA) is 101 Å². The molecule has 0 unspecified atom stereocenters. The number of ether oxygens (including phenoxy) is 4. The molecule has 1 N–H and O–H groups in total. The van der Waals surface area contributed by atoms with Crippen molar-refractivity contribution in [1.29, 1.82) is 5.26 Å². The Morgan fingerprint density at radius 2 is 1.76 bits per heavy atom. The second-order valence-corrected chi connectivity index (χ2v) is 12.0. The maximum atomic E-state index is 12.0. The Kier molecular flexibility index (Phi) is 9.62. The van der Waals surface area contributed by atoms with Gasteiger partial charge in [-0.1, -0.05) is 54.4 Å². The Balaban J connectivity index is 1.25. The van der Waals surface area contributed by atoms with Crippen molar-refractivity contribution in [3.05, 3.63) is 106 Å². The zero-order chi connectivity index (χ0) is 32.0. The van der Waals surface area contributed by atoms with Gasteiger partial charge in [-0.15, -0.1) is 0 Å². The highest BCUT2D eigenvalue weighted by Crippen LogP contribution is 2.38. The van der Waals surface area contributed by atoms with E-state index in [9.17, 15) is 15.2 Å². The van der Waals surface area contributed by atoms with Gasteiger partial charge in [-0.05, 0) is 84.5 Å². The average Bonchev–Trinajstić information content (AvgIpc) is 3.08. The first-order valence-electron chi connectivity index (χ1n) is 15.4. The SMILES string of the molecule is Cc1c(COc2cc(OCc3cccc(C#N)c3)c(CN3CCCC[C@@H]3C(=O)O)cc2Cl)cccc1-c1ccc2c(c1)OCCO2. The van der Waals surface area contributed by atoms with Gasteiger partial charge in [-0.2, -0.15) is 5.26 Å². The fraction of sp³-hybridized carbons (Fsp3) is 0.297. The van der Waals surface area contributed by atoms with Crippen molar-refractivity contribution >= 4 is 17.6 Å². The van der Waals surface area contributed by atoms with Gasteiger partial charge in [0.25, 0.3) is 0 Å². The van der Waals surface area contributed by atoms with Crippen molar-refractivity contribution in [2.45, 2.75) is 52.0 Å². The van der Waals surface area contributed by atoms with E-state index in [1.807, 2.05) is 53.4 Å². The molecule has 236 valence electrons. The predicted molar refractivity (Wildman–Crippen MR) is 175 cm³/mol. The van der Waals surface area contributed by atoms with E-state index in [0.717, 1.165) is 57.7 Å². The van der Waals surface area contributed by atoms with E-state index >= 15 is 0 Å². The van der Waals surface area contributed by atoms with Gasteiger partial charge >= 0.3 is 5.97 Å². The number of hydrogen-bond donors (Lipinski definition) is 1. The summed E-state index contributed by atoms with van der Waals surface area (Å²) >= 11 is 6.80. The number of carbonyl (C=O) groups is 1. The summed E-state index contributed by atoms with van der Waals surface area (Å²) in [7, 11) is 0. The van der Waals surface area contributed by atoms with Crippen LogP contribution < -0.4 is 18.9 Å². The van der Waals surface area contributed by atoms with Crippen molar-refractivity contribution < 1.29 is 28.8 Å². The summed E-state index contributed by atoms with van der Waals surface area (Å²) in [5, 5.41) is 19.6. The van der Waals surface area contributed by atoms with E-state index < -0.39 is 12.0 Å². The number of carboxylic acid groups (broad SMARTS) is 1. The Bertz CT molecular complexity index is 1780. The number of piperidine rings is 1. The third kappa shape index (κ3) is 7.07. The molecule has 2 aliphatic heterocycles. The molecule has 0 radical (unpaired) electrons. The van der Waals surface area contributed by atoms with Crippen molar-refractivity contribution in [2.24, 2.45) is 0 Å². The quantitative estimate of drug-likeness (QED) is 0.190. The zero-order valence-corrected chi connectivity index (χ0v) is 26.4. The molecule has 1 fully saturated rings. The van der Waals surface area contributed by atoms with Gasteiger partial charge in [0.2, 0.25) is 0 Å². The summed E-state index contributed by atoms with van der Waals surface area (Å²) in [4.78, 5) is 14.0. The fourth-order valence-electron chi connectivity index (χ4n) is 6.03. The molecule has 0 aliphatic carbocycles. The lowest BCUT2D eigenvalue weighted by atomic mass is 9.96. The van der Waals surface area contributed by atoms with Crippen LogP contribution in [0.15, 0.2) is 72.8 Å². The monoisotopic (exact) mass is 638 g/mol. The molecule has 46 heavy (non-hydrogen) atoms. The minimum Gasteiger partial charge on any atom is -0.488 e. The highest BCUT2D eigenvalue weighted by Gasteiger charge is 2.29. The second-order valence-electron chi connectivity index (χ2n) is 11.5. The first-order valence-corrected chi connectivity index (χ1v) is 15.8. The van der Waals surface area contributed by atoms with E-state index in [2.05, 4.69) is 19.1 Å². The molecule has 8 nitrogen and oxygen atoms in total. The number of nitrogens with zero attached hydrogens (tertiary/aromatic N) is 2. The average molecular weight is 639 g/mol. The second kappa shape index (κ2) is 14.2. The molecule has 0 spiro atoms. The molecule has 4 aromatic carbocycles. The number of hydrogen-bond acceptors (Lipinski definition) is 7. The number of fused-ring (bicyclic) bond motifs is 1. The molecule has 2 heterocycles. The van der Waals surface area contributed by atoms with E-state index in [0.29, 0.717) is 54.8 Å². The zero-order valence-electron chi connectivity index (χ0n) is 25.6. The van der Waals surface area contributed by atoms with E-state index in [1.165, 1.54) is 0 Å². The van der Waals surface area contributed by atoms with Gasteiger partial charge in [-0.25, -0.2) is 0 Å². The molecule has 6 rings (SSSR count). The number of halogens is 1. The third-order valence-corrected chi connectivity index (χ3v) is 8.82. The summed E-state index contributed by atoms with van der Waals surface area (Å²) in [5.74, 6) is 1.68. The van der Waals surface area contributed by atoms with Crippen molar-refractivity contribution in [2.75, 3.05) is 19.8 Å². The molecule has 1 saturated heterocycles. The summed E-state index contributed by atoms with van der Waals surface area (Å²) < 4.78 is 24.1. The molecule has 0 saturated carbocycles. The largest absolute Gasteiger partial charge is 0.488 e. The van der Waals surface area contributed by atoms with Gasteiger partial charge in [0.15, 0.2) is 11.5 Å². The number of likely N-dealkylation sites (tertiary alicyclic amines) is 1. The van der Waals surface area contributed by atoms with Crippen LogP contribution >= 0.6 is 11.6 Å². The van der Waals surface area contributed by atoms with E-state index in [1.54, 1.807) is 18.2 Å².